The predicted octanol–water partition coefficient (Wildman–Crippen LogP) is 2.95. The Balaban J connectivity index is 0.000000531. The van der Waals surface area contributed by atoms with E-state index >= 15 is 0 Å². The highest BCUT2D eigenvalue weighted by Crippen LogP contribution is 2.20. The quantitative estimate of drug-likeness (QED) is 0.713. The molecule has 0 saturated carbocycles. The standard InChI is InChI=1S/C10H11N3.C2H6/c1-4-8-5-11-6-9-10(8)7(2)12-13(9)3;1-2/h4-6H,1H2,2-3H3;1-2H3. The van der Waals surface area contributed by atoms with Gasteiger partial charge < -0.3 is 0 Å². The summed E-state index contributed by atoms with van der Waals surface area (Å²) in [4.78, 5) is 4.13. The first-order valence-corrected chi connectivity index (χ1v) is 5.14. The third kappa shape index (κ3) is 1.91. The Bertz CT molecular complexity index is 469. The van der Waals surface area contributed by atoms with Gasteiger partial charge in [0.05, 0.1) is 17.4 Å². The Morgan fingerprint density at radius 3 is 2.60 bits per heavy atom. The summed E-state index contributed by atoms with van der Waals surface area (Å²) in [6, 6.07) is 0. The lowest BCUT2D eigenvalue weighted by molar-refractivity contribution is 0.782. The molecule has 2 rings (SSSR count). The molecule has 3 nitrogen and oxygen atoms in total. The smallest absolute Gasteiger partial charge is 0.0871 e. The molecule has 0 unspecified atom stereocenters. The maximum Gasteiger partial charge on any atom is 0.0871 e. The fourth-order valence-corrected chi connectivity index (χ4v) is 1.59. The number of hydrogen-bond donors (Lipinski definition) is 0. The highest BCUT2D eigenvalue weighted by molar-refractivity contribution is 5.89. The van der Waals surface area contributed by atoms with Crippen molar-refractivity contribution in [2.45, 2.75) is 20.8 Å². The molecule has 0 bridgehead atoms. The topological polar surface area (TPSA) is 30.7 Å². The van der Waals surface area contributed by atoms with Crippen molar-refractivity contribution in [3.05, 3.63) is 30.2 Å². The Kier molecular flexibility index (Phi) is 3.61. The molecule has 2 heterocycles. The molecular weight excluding hydrogens is 186 g/mol. The molecule has 0 fully saturated rings. The van der Waals surface area contributed by atoms with Gasteiger partial charge in [0.1, 0.15) is 0 Å². The zero-order valence-corrected chi connectivity index (χ0v) is 9.78. The molecule has 80 valence electrons. The van der Waals surface area contributed by atoms with Crippen molar-refractivity contribution >= 4 is 17.0 Å². The second kappa shape index (κ2) is 4.73. The number of fused-ring (bicyclic) bond motifs is 1. The molecule has 3 heteroatoms. The van der Waals surface area contributed by atoms with Gasteiger partial charge in [0, 0.05) is 24.2 Å². The number of rotatable bonds is 1. The van der Waals surface area contributed by atoms with Crippen molar-refractivity contribution < 1.29 is 0 Å². The molecule has 0 atom stereocenters. The minimum atomic E-state index is 1.02. The zero-order chi connectivity index (χ0) is 11.4. The third-order valence-corrected chi connectivity index (χ3v) is 2.19. The van der Waals surface area contributed by atoms with E-state index in [-0.39, 0.29) is 0 Å². The summed E-state index contributed by atoms with van der Waals surface area (Å²) in [6.45, 7) is 9.75. The van der Waals surface area contributed by atoms with E-state index in [4.69, 9.17) is 0 Å². The minimum absolute atomic E-state index is 1.02. The summed E-state index contributed by atoms with van der Waals surface area (Å²) in [5, 5.41) is 5.47. The summed E-state index contributed by atoms with van der Waals surface area (Å²) in [6.07, 6.45) is 5.44. The largest absolute Gasteiger partial charge is 0.266 e. The second-order valence-electron chi connectivity index (χ2n) is 3.04. The molecule has 0 spiro atoms. The lowest BCUT2D eigenvalue weighted by Crippen LogP contribution is -1.89. The van der Waals surface area contributed by atoms with Crippen LogP contribution in [0.1, 0.15) is 25.1 Å². The monoisotopic (exact) mass is 203 g/mol. The lowest BCUT2D eigenvalue weighted by atomic mass is 10.1. The summed E-state index contributed by atoms with van der Waals surface area (Å²) in [5.41, 5.74) is 3.12. The van der Waals surface area contributed by atoms with Crippen molar-refractivity contribution in [3.8, 4) is 0 Å². The van der Waals surface area contributed by atoms with Crippen LogP contribution >= 0.6 is 0 Å². The van der Waals surface area contributed by atoms with Crippen LogP contribution < -0.4 is 0 Å². The van der Waals surface area contributed by atoms with Crippen LogP contribution in [0.4, 0.5) is 0 Å². The predicted molar refractivity (Wildman–Crippen MR) is 64.7 cm³/mol. The fourth-order valence-electron chi connectivity index (χ4n) is 1.59. The van der Waals surface area contributed by atoms with E-state index in [2.05, 4.69) is 16.7 Å². The van der Waals surface area contributed by atoms with Gasteiger partial charge in [-0.05, 0) is 6.92 Å². The summed E-state index contributed by atoms with van der Waals surface area (Å²) in [5.74, 6) is 0. The molecule has 2 aromatic rings. The normalized spacial score (nSPS) is 9.60. The Hall–Kier alpha value is -1.64. The van der Waals surface area contributed by atoms with Crippen molar-refractivity contribution in [1.82, 2.24) is 14.8 Å². The molecule has 15 heavy (non-hydrogen) atoms. The molecule has 0 saturated heterocycles. The first-order valence-electron chi connectivity index (χ1n) is 5.14. The molecule has 0 aromatic carbocycles. The maximum atomic E-state index is 4.33. The van der Waals surface area contributed by atoms with E-state index in [1.54, 1.807) is 0 Å². The first-order chi connectivity index (χ1) is 7.24. The molecule has 0 aliphatic carbocycles. The molecular formula is C12H17N3. The third-order valence-electron chi connectivity index (χ3n) is 2.19. The molecule has 0 amide bonds. The Morgan fingerprint density at radius 1 is 1.33 bits per heavy atom. The average Bonchev–Trinajstić information content (AvgIpc) is 2.58. The number of aryl methyl sites for hydroxylation is 2. The van der Waals surface area contributed by atoms with Gasteiger partial charge in [-0.15, -0.1) is 0 Å². The van der Waals surface area contributed by atoms with Gasteiger partial charge in [0.2, 0.25) is 0 Å². The van der Waals surface area contributed by atoms with Gasteiger partial charge in [-0.25, -0.2) is 0 Å². The summed E-state index contributed by atoms with van der Waals surface area (Å²) in [7, 11) is 1.92. The van der Waals surface area contributed by atoms with Crippen molar-refractivity contribution in [1.29, 1.82) is 0 Å². The second-order valence-corrected chi connectivity index (χ2v) is 3.04. The van der Waals surface area contributed by atoms with Crippen molar-refractivity contribution in [2.75, 3.05) is 0 Å². The molecule has 0 radical (unpaired) electrons. The first kappa shape index (κ1) is 11.4. The van der Waals surface area contributed by atoms with Crippen molar-refractivity contribution in [2.24, 2.45) is 7.05 Å². The summed E-state index contributed by atoms with van der Waals surface area (Å²) >= 11 is 0. The molecule has 0 N–H and O–H groups in total. The highest BCUT2D eigenvalue weighted by atomic mass is 15.3. The van der Waals surface area contributed by atoms with E-state index in [0.29, 0.717) is 0 Å². The van der Waals surface area contributed by atoms with E-state index in [0.717, 1.165) is 22.2 Å². The van der Waals surface area contributed by atoms with Gasteiger partial charge in [0.25, 0.3) is 0 Å². The van der Waals surface area contributed by atoms with Crippen LogP contribution in [0.5, 0.6) is 0 Å². The number of aromatic nitrogens is 3. The van der Waals surface area contributed by atoms with Gasteiger partial charge in [0.15, 0.2) is 0 Å². The Labute approximate surface area is 90.4 Å². The minimum Gasteiger partial charge on any atom is -0.266 e. The van der Waals surface area contributed by atoms with Crippen LogP contribution in [0.2, 0.25) is 0 Å². The maximum absolute atomic E-state index is 4.33. The van der Waals surface area contributed by atoms with Crippen LogP contribution in [0, 0.1) is 6.92 Å². The molecule has 0 aliphatic rings. The number of pyridine rings is 1. The molecule has 0 aliphatic heterocycles. The van der Waals surface area contributed by atoms with E-state index in [9.17, 15) is 0 Å². The van der Waals surface area contributed by atoms with Crippen LogP contribution in [0.3, 0.4) is 0 Å². The fraction of sp³-hybridized carbons (Fsp3) is 0.333. The lowest BCUT2D eigenvalue weighted by Gasteiger charge is -1.96. The Morgan fingerprint density at radius 2 is 2.00 bits per heavy atom. The van der Waals surface area contributed by atoms with Crippen molar-refractivity contribution in [3.63, 3.8) is 0 Å². The zero-order valence-electron chi connectivity index (χ0n) is 9.78. The average molecular weight is 203 g/mol. The highest BCUT2D eigenvalue weighted by Gasteiger charge is 2.07. The van der Waals surface area contributed by atoms with Gasteiger partial charge in [-0.3, -0.25) is 9.67 Å². The van der Waals surface area contributed by atoms with E-state index in [1.807, 2.05) is 51.0 Å². The molecule has 2 aromatic heterocycles. The van der Waals surface area contributed by atoms with Gasteiger partial charge in [-0.2, -0.15) is 5.10 Å². The van der Waals surface area contributed by atoms with Crippen LogP contribution in [-0.4, -0.2) is 14.8 Å². The van der Waals surface area contributed by atoms with Crippen LogP contribution in [0.25, 0.3) is 17.0 Å². The van der Waals surface area contributed by atoms with Crippen LogP contribution in [0.15, 0.2) is 19.0 Å². The number of hydrogen-bond acceptors (Lipinski definition) is 2. The van der Waals surface area contributed by atoms with E-state index < -0.39 is 0 Å². The van der Waals surface area contributed by atoms with Gasteiger partial charge in [-0.1, -0.05) is 26.5 Å². The summed E-state index contributed by atoms with van der Waals surface area (Å²) < 4.78 is 1.84. The van der Waals surface area contributed by atoms with Gasteiger partial charge >= 0.3 is 0 Å². The number of nitrogens with zero attached hydrogens (tertiary/aromatic N) is 3. The van der Waals surface area contributed by atoms with Crippen LogP contribution in [-0.2, 0) is 7.05 Å². The van der Waals surface area contributed by atoms with E-state index in [1.165, 1.54) is 0 Å². The SMILES string of the molecule is C=Cc1cncc2c1c(C)nn2C.CC.